The van der Waals surface area contributed by atoms with Crippen LogP contribution in [0.5, 0.6) is 5.75 Å². The van der Waals surface area contributed by atoms with Crippen molar-refractivity contribution >= 4 is 12.4 Å². The van der Waals surface area contributed by atoms with Gasteiger partial charge >= 0.3 is 0 Å². The number of benzene rings is 1. The molecule has 0 bridgehead atoms. The van der Waals surface area contributed by atoms with Crippen LogP contribution in [-0.2, 0) is 0 Å². The average Bonchev–Trinajstić information content (AvgIpc) is 3.16. The van der Waals surface area contributed by atoms with E-state index in [0.717, 1.165) is 6.04 Å². The van der Waals surface area contributed by atoms with Crippen molar-refractivity contribution in [3.05, 3.63) is 29.3 Å². The second kappa shape index (κ2) is 5.72. The molecule has 106 valence electrons. The van der Waals surface area contributed by atoms with E-state index in [1.54, 1.807) is 0 Å². The Morgan fingerprint density at radius 1 is 1.05 bits per heavy atom. The lowest BCUT2D eigenvalue weighted by Gasteiger charge is -2.32. The Hall–Kier alpha value is -0.730. The zero-order chi connectivity index (χ0) is 12.7. The number of fused-ring (bicyclic) bond motifs is 1. The highest BCUT2D eigenvalue weighted by Crippen LogP contribution is 2.37. The average molecular weight is 282 g/mol. The van der Waals surface area contributed by atoms with Gasteiger partial charge in [0.25, 0.3) is 0 Å². The van der Waals surface area contributed by atoms with E-state index >= 15 is 0 Å². The molecule has 1 N–H and O–H groups in total. The van der Waals surface area contributed by atoms with Gasteiger partial charge in [-0.05, 0) is 60.9 Å². The van der Waals surface area contributed by atoms with Gasteiger partial charge in [0.1, 0.15) is 5.75 Å². The smallest absolute Gasteiger partial charge is 0.115 e. The topological polar surface area (TPSA) is 23.5 Å². The Kier molecular flexibility index (Phi) is 4.42. The van der Waals surface area contributed by atoms with E-state index in [1.807, 2.05) is 12.1 Å². The van der Waals surface area contributed by atoms with Crippen LogP contribution in [0.1, 0.15) is 56.1 Å². The molecule has 0 saturated heterocycles. The minimum atomic E-state index is 0. The predicted octanol–water partition coefficient (Wildman–Crippen LogP) is 3.89. The van der Waals surface area contributed by atoms with Crippen LogP contribution >= 0.6 is 12.4 Å². The van der Waals surface area contributed by atoms with E-state index in [4.69, 9.17) is 0 Å². The maximum Gasteiger partial charge on any atom is 0.115 e. The summed E-state index contributed by atoms with van der Waals surface area (Å²) in [5.41, 5.74) is 2.79. The molecule has 1 aromatic carbocycles. The Labute approximate surface area is 122 Å². The predicted molar refractivity (Wildman–Crippen MR) is 81.4 cm³/mol. The van der Waals surface area contributed by atoms with Gasteiger partial charge in [0.05, 0.1) is 0 Å². The highest BCUT2D eigenvalue weighted by Gasteiger charge is 2.32. The molecular weight excluding hydrogens is 258 g/mol. The number of aromatic hydroxyl groups is 1. The number of halogens is 1. The maximum absolute atomic E-state index is 9.69. The lowest BCUT2D eigenvalue weighted by Crippen LogP contribution is -2.33. The van der Waals surface area contributed by atoms with Crippen LogP contribution in [0.15, 0.2) is 18.2 Å². The van der Waals surface area contributed by atoms with Gasteiger partial charge in [-0.2, -0.15) is 0 Å². The molecule has 0 aromatic heterocycles. The molecule has 2 atom stereocenters. The minimum Gasteiger partial charge on any atom is -0.508 e. The molecule has 1 aromatic rings. The fourth-order valence-corrected chi connectivity index (χ4v) is 3.27. The van der Waals surface area contributed by atoms with Crippen LogP contribution in [0.25, 0.3) is 0 Å². The van der Waals surface area contributed by atoms with Crippen molar-refractivity contribution in [2.75, 3.05) is 13.1 Å². The Morgan fingerprint density at radius 2 is 1.79 bits per heavy atom. The Morgan fingerprint density at radius 3 is 2.47 bits per heavy atom. The van der Waals surface area contributed by atoms with Crippen LogP contribution in [0, 0.1) is 0 Å². The largest absolute Gasteiger partial charge is 0.508 e. The molecule has 1 aliphatic carbocycles. The highest BCUT2D eigenvalue weighted by atomic mass is 35.5. The summed E-state index contributed by atoms with van der Waals surface area (Å²) in [5.74, 6) is 1.53. The SMILES string of the molecule is CC1CCN(C2CC2)CC(C)c2ccc(O)cc21.Cl. The van der Waals surface area contributed by atoms with Gasteiger partial charge in [-0.1, -0.05) is 19.9 Å². The summed E-state index contributed by atoms with van der Waals surface area (Å²) >= 11 is 0. The third-order valence-corrected chi connectivity index (χ3v) is 4.55. The van der Waals surface area contributed by atoms with E-state index in [0.29, 0.717) is 17.6 Å². The van der Waals surface area contributed by atoms with Crippen molar-refractivity contribution in [3.63, 3.8) is 0 Å². The van der Waals surface area contributed by atoms with Gasteiger partial charge in [0, 0.05) is 12.6 Å². The molecule has 3 rings (SSSR count). The molecule has 1 saturated carbocycles. The van der Waals surface area contributed by atoms with E-state index in [9.17, 15) is 5.11 Å². The number of phenolic OH excluding ortho intramolecular Hbond substituents is 1. The molecule has 19 heavy (non-hydrogen) atoms. The molecule has 0 radical (unpaired) electrons. The first kappa shape index (κ1) is 14.7. The first-order chi connectivity index (χ1) is 8.65. The van der Waals surface area contributed by atoms with Crippen molar-refractivity contribution in [2.45, 2.75) is 51.0 Å². The van der Waals surface area contributed by atoms with Crippen LogP contribution in [0.3, 0.4) is 0 Å². The summed E-state index contributed by atoms with van der Waals surface area (Å²) in [7, 11) is 0. The third kappa shape index (κ3) is 3.06. The Balaban J connectivity index is 0.00000133. The fourth-order valence-electron chi connectivity index (χ4n) is 3.27. The molecule has 0 spiro atoms. The van der Waals surface area contributed by atoms with Gasteiger partial charge in [-0.15, -0.1) is 12.4 Å². The van der Waals surface area contributed by atoms with Crippen molar-refractivity contribution in [2.24, 2.45) is 0 Å². The lowest BCUT2D eigenvalue weighted by molar-refractivity contribution is 0.235. The van der Waals surface area contributed by atoms with Gasteiger partial charge in [0.2, 0.25) is 0 Å². The molecule has 1 fully saturated rings. The summed E-state index contributed by atoms with van der Waals surface area (Å²) < 4.78 is 0. The standard InChI is InChI=1S/C16H23NO.ClH/c1-11-7-8-17(13-3-4-13)10-12(2)15-6-5-14(18)9-16(11)15;/h5-6,9,11-13,18H,3-4,7-8,10H2,1-2H3;1H. The van der Waals surface area contributed by atoms with Crippen LogP contribution in [-0.4, -0.2) is 29.1 Å². The van der Waals surface area contributed by atoms with Gasteiger partial charge < -0.3 is 5.11 Å². The third-order valence-electron chi connectivity index (χ3n) is 4.55. The highest BCUT2D eigenvalue weighted by molar-refractivity contribution is 5.85. The normalized spacial score (nSPS) is 27.9. The second-order valence-corrected chi connectivity index (χ2v) is 6.13. The monoisotopic (exact) mass is 281 g/mol. The van der Waals surface area contributed by atoms with Crippen molar-refractivity contribution < 1.29 is 5.11 Å². The maximum atomic E-state index is 9.69. The lowest BCUT2D eigenvalue weighted by atomic mass is 9.85. The number of hydrogen-bond acceptors (Lipinski definition) is 2. The molecule has 2 nitrogen and oxygen atoms in total. The van der Waals surface area contributed by atoms with E-state index in [2.05, 4.69) is 24.8 Å². The quantitative estimate of drug-likeness (QED) is 0.844. The molecule has 1 aliphatic heterocycles. The number of hydrogen-bond donors (Lipinski definition) is 1. The van der Waals surface area contributed by atoms with E-state index < -0.39 is 0 Å². The number of rotatable bonds is 1. The zero-order valence-corrected chi connectivity index (χ0v) is 12.6. The van der Waals surface area contributed by atoms with E-state index in [1.165, 1.54) is 43.5 Å². The summed E-state index contributed by atoms with van der Waals surface area (Å²) in [5, 5.41) is 9.69. The van der Waals surface area contributed by atoms with Gasteiger partial charge in [-0.3, -0.25) is 4.90 Å². The molecule has 2 aliphatic rings. The Bertz CT molecular complexity index is 444. The molecule has 2 unspecified atom stereocenters. The minimum absolute atomic E-state index is 0. The number of phenols is 1. The molecule has 1 heterocycles. The van der Waals surface area contributed by atoms with Crippen LogP contribution < -0.4 is 0 Å². The van der Waals surface area contributed by atoms with Gasteiger partial charge in [-0.25, -0.2) is 0 Å². The van der Waals surface area contributed by atoms with Crippen molar-refractivity contribution in [1.82, 2.24) is 4.90 Å². The van der Waals surface area contributed by atoms with Crippen LogP contribution in [0.2, 0.25) is 0 Å². The summed E-state index contributed by atoms with van der Waals surface area (Å²) in [4.78, 5) is 2.68. The van der Waals surface area contributed by atoms with Crippen molar-refractivity contribution in [3.8, 4) is 5.75 Å². The second-order valence-electron chi connectivity index (χ2n) is 6.13. The summed E-state index contributed by atoms with van der Waals surface area (Å²) in [6, 6.07) is 6.80. The fraction of sp³-hybridized carbons (Fsp3) is 0.625. The van der Waals surface area contributed by atoms with Crippen LogP contribution in [0.4, 0.5) is 0 Å². The molecule has 3 heteroatoms. The summed E-state index contributed by atoms with van der Waals surface area (Å²) in [6.45, 7) is 7.01. The summed E-state index contributed by atoms with van der Waals surface area (Å²) in [6.07, 6.45) is 3.99. The first-order valence-corrected chi connectivity index (χ1v) is 7.22. The van der Waals surface area contributed by atoms with Gasteiger partial charge in [0.15, 0.2) is 0 Å². The first-order valence-electron chi connectivity index (χ1n) is 7.22. The van der Waals surface area contributed by atoms with E-state index in [-0.39, 0.29) is 12.4 Å². The molecule has 0 amide bonds. The number of nitrogens with zero attached hydrogens (tertiary/aromatic N) is 1. The van der Waals surface area contributed by atoms with Crippen molar-refractivity contribution in [1.29, 1.82) is 0 Å². The molecular formula is C16H24ClNO. The zero-order valence-electron chi connectivity index (χ0n) is 11.8.